The van der Waals surface area contributed by atoms with Crippen molar-refractivity contribution < 1.29 is 4.79 Å². The van der Waals surface area contributed by atoms with Crippen molar-refractivity contribution in [2.45, 2.75) is 51.5 Å². The molecule has 0 amide bonds. The van der Waals surface area contributed by atoms with Gasteiger partial charge in [0, 0.05) is 18.4 Å². The fraction of sp³-hybridized carbons (Fsp3) is 0.562. The molecule has 1 aliphatic carbocycles. The third-order valence-electron chi connectivity index (χ3n) is 3.92. The van der Waals surface area contributed by atoms with Crippen LogP contribution in [0.1, 0.15) is 56.2 Å². The van der Waals surface area contributed by atoms with E-state index in [1.54, 1.807) is 0 Å². The Morgan fingerprint density at radius 1 is 1.33 bits per heavy atom. The lowest BCUT2D eigenvalue weighted by Crippen LogP contribution is -2.19. The van der Waals surface area contributed by atoms with Crippen LogP contribution in [0.15, 0.2) is 24.3 Å². The van der Waals surface area contributed by atoms with Crippen LogP contribution in [0, 0.1) is 5.92 Å². The van der Waals surface area contributed by atoms with Crippen LogP contribution in [0.2, 0.25) is 0 Å². The Bertz CT molecular complexity index is 405. The molecule has 1 atom stereocenters. The smallest absolute Gasteiger partial charge is 0.140 e. The number of carbonyl (C=O) groups excluding carboxylic acids is 1. The lowest BCUT2D eigenvalue weighted by atomic mass is 9.84. The van der Waals surface area contributed by atoms with E-state index >= 15 is 0 Å². The Morgan fingerprint density at radius 3 is 2.72 bits per heavy atom. The molecule has 0 radical (unpaired) electrons. The Hall–Kier alpha value is -1.15. The van der Waals surface area contributed by atoms with Crippen molar-refractivity contribution in [1.82, 2.24) is 0 Å². The number of hydrogen-bond acceptors (Lipinski definition) is 2. The number of benzene rings is 1. The van der Waals surface area contributed by atoms with Gasteiger partial charge in [-0.1, -0.05) is 43.5 Å². The molecular formula is C16H23NO. The molecule has 1 saturated carbocycles. The highest BCUT2D eigenvalue weighted by Gasteiger charge is 2.21. The van der Waals surface area contributed by atoms with Gasteiger partial charge in [-0.25, -0.2) is 0 Å². The van der Waals surface area contributed by atoms with Crippen LogP contribution >= 0.6 is 0 Å². The van der Waals surface area contributed by atoms with Gasteiger partial charge in [0.1, 0.15) is 5.78 Å². The van der Waals surface area contributed by atoms with Gasteiger partial charge in [-0.05, 0) is 30.9 Å². The molecule has 2 nitrogen and oxygen atoms in total. The summed E-state index contributed by atoms with van der Waals surface area (Å²) < 4.78 is 0. The second-order valence-electron chi connectivity index (χ2n) is 5.51. The van der Waals surface area contributed by atoms with E-state index in [-0.39, 0.29) is 6.04 Å². The third-order valence-corrected chi connectivity index (χ3v) is 3.92. The molecule has 0 spiro atoms. The van der Waals surface area contributed by atoms with Crippen LogP contribution in [0.4, 0.5) is 0 Å². The molecule has 98 valence electrons. The summed E-state index contributed by atoms with van der Waals surface area (Å²) in [5.41, 5.74) is 8.10. The second kappa shape index (κ2) is 6.14. The first-order valence-corrected chi connectivity index (χ1v) is 7.04. The summed E-state index contributed by atoms with van der Waals surface area (Å²) in [4.78, 5) is 12.2. The largest absolute Gasteiger partial charge is 0.324 e. The standard InChI is InChI=1S/C16H23NO/c1-12(17)15-9-5-6-13(10-15)11-16(18)14-7-3-2-4-8-14/h5-6,9-10,12,14H,2-4,7-8,11,17H2,1H3. The summed E-state index contributed by atoms with van der Waals surface area (Å²) in [5.74, 6) is 0.717. The lowest BCUT2D eigenvalue weighted by Gasteiger charge is -2.20. The van der Waals surface area contributed by atoms with E-state index in [9.17, 15) is 4.79 Å². The van der Waals surface area contributed by atoms with Crippen molar-refractivity contribution in [3.63, 3.8) is 0 Å². The van der Waals surface area contributed by atoms with E-state index < -0.39 is 0 Å². The molecular weight excluding hydrogens is 222 g/mol. The lowest BCUT2D eigenvalue weighted by molar-refractivity contribution is -0.123. The average Bonchev–Trinajstić information content (AvgIpc) is 2.40. The summed E-state index contributed by atoms with van der Waals surface area (Å²) in [6, 6.07) is 8.18. The quantitative estimate of drug-likeness (QED) is 0.883. The number of nitrogens with two attached hydrogens (primary N) is 1. The molecule has 2 heteroatoms. The Balaban J connectivity index is 1.99. The molecule has 0 aliphatic heterocycles. The molecule has 1 aliphatic rings. The van der Waals surface area contributed by atoms with Gasteiger partial charge in [-0.3, -0.25) is 4.79 Å². The van der Waals surface area contributed by atoms with Crippen molar-refractivity contribution in [3.8, 4) is 0 Å². The predicted molar refractivity (Wildman–Crippen MR) is 74.3 cm³/mol. The molecule has 2 N–H and O–H groups in total. The van der Waals surface area contributed by atoms with E-state index in [2.05, 4.69) is 6.07 Å². The number of hydrogen-bond donors (Lipinski definition) is 1. The molecule has 0 bridgehead atoms. The van der Waals surface area contributed by atoms with Gasteiger partial charge in [-0.2, -0.15) is 0 Å². The Labute approximate surface area is 110 Å². The maximum Gasteiger partial charge on any atom is 0.140 e. The number of ketones is 1. The van der Waals surface area contributed by atoms with Gasteiger partial charge in [-0.15, -0.1) is 0 Å². The van der Waals surface area contributed by atoms with Crippen molar-refractivity contribution in [3.05, 3.63) is 35.4 Å². The zero-order valence-corrected chi connectivity index (χ0v) is 11.2. The highest BCUT2D eigenvalue weighted by molar-refractivity contribution is 5.83. The third kappa shape index (κ3) is 3.42. The minimum atomic E-state index is 0.0368. The highest BCUT2D eigenvalue weighted by Crippen LogP contribution is 2.25. The minimum Gasteiger partial charge on any atom is -0.324 e. The van der Waals surface area contributed by atoms with Crippen molar-refractivity contribution in [2.75, 3.05) is 0 Å². The van der Waals surface area contributed by atoms with Gasteiger partial charge in [0.25, 0.3) is 0 Å². The molecule has 0 aromatic heterocycles. The van der Waals surface area contributed by atoms with Gasteiger partial charge >= 0.3 is 0 Å². The number of carbonyl (C=O) groups is 1. The zero-order valence-electron chi connectivity index (χ0n) is 11.2. The molecule has 2 rings (SSSR count). The van der Waals surface area contributed by atoms with Crippen molar-refractivity contribution >= 4 is 5.78 Å². The Morgan fingerprint density at radius 2 is 2.06 bits per heavy atom. The normalized spacial score (nSPS) is 18.6. The van der Waals surface area contributed by atoms with E-state index in [1.807, 2.05) is 25.1 Å². The van der Waals surface area contributed by atoms with Crippen molar-refractivity contribution in [2.24, 2.45) is 11.7 Å². The first kappa shape index (κ1) is 13.3. The molecule has 1 fully saturated rings. The number of rotatable bonds is 4. The van der Waals surface area contributed by atoms with E-state index in [0.717, 1.165) is 24.0 Å². The fourth-order valence-electron chi connectivity index (χ4n) is 2.76. The molecule has 1 aromatic rings. The number of Topliss-reactive ketones (excluding diaryl/α,β-unsaturated/α-hetero) is 1. The molecule has 1 unspecified atom stereocenters. The summed E-state index contributed by atoms with van der Waals surface area (Å²) in [6.07, 6.45) is 6.49. The van der Waals surface area contributed by atoms with Gasteiger partial charge in [0.05, 0.1) is 0 Å². The second-order valence-corrected chi connectivity index (χ2v) is 5.51. The first-order valence-electron chi connectivity index (χ1n) is 7.04. The Kier molecular flexibility index (Phi) is 4.54. The van der Waals surface area contributed by atoms with E-state index in [0.29, 0.717) is 18.1 Å². The highest BCUT2D eigenvalue weighted by atomic mass is 16.1. The van der Waals surface area contributed by atoms with Crippen molar-refractivity contribution in [1.29, 1.82) is 0 Å². The van der Waals surface area contributed by atoms with Gasteiger partial charge in [0.2, 0.25) is 0 Å². The summed E-state index contributed by atoms with van der Waals surface area (Å²) in [6.45, 7) is 1.97. The van der Waals surface area contributed by atoms with E-state index in [1.165, 1.54) is 19.3 Å². The molecule has 1 aromatic carbocycles. The summed E-state index contributed by atoms with van der Waals surface area (Å²) in [5, 5.41) is 0. The van der Waals surface area contributed by atoms with Gasteiger partial charge in [0.15, 0.2) is 0 Å². The zero-order chi connectivity index (χ0) is 13.0. The SMILES string of the molecule is CC(N)c1cccc(CC(=O)C2CCCCC2)c1. The molecule has 0 saturated heterocycles. The van der Waals surface area contributed by atoms with Gasteiger partial charge < -0.3 is 5.73 Å². The monoisotopic (exact) mass is 245 g/mol. The minimum absolute atomic E-state index is 0.0368. The van der Waals surface area contributed by atoms with Crippen LogP contribution in [0.3, 0.4) is 0 Å². The molecule has 18 heavy (non-hydrogen) atoms. The van der Waals surface area contributed by atoms with Crippen LogP contribution in [-0.2, 0) is 11.2 Å². The van der Waals surface area contributed by atoms with Crippen LogP contribution in [0.25, 0.3) is 0 Å². The van der Waals surface area contributed by atoms with Crippen LogP contribution < -0.4 is 5.73 Å². The maximum atomic E-state index is 12.2. The summed E-state index contributed by atoms with van der Waals surface area (Å²) in [7, 11) is 0. The fourth-order valence-corrected chi connectivity index (χ4v) is 2.76. The topological polar surface area (TPSA) is 43.1 Å². The average molecular weight is 245 g/mol. The van der Waals surface area contributed by atoms with Crippen LogP contribution in [-0.4, -0.2) is 5.78 Å². The predicted octanol–water partition coefficient (Wildman–Crippen LogP) is 3.40. The van der Waals surface area contributed by atoms with E-state index in [4.69, 9.17) is 5.73 Å². The summed E-state index contributed by atoms with van der Waals surface area (Å²) >= 11 is 0. The molecule has 0 heterocycles. The first-order chi connectivity index (χ1) is 8.66. The van der Waals surface area contributed by atoms with Crippen LogP contribution in [0.5, 0.6) is 0 Å². The maximum absolute atomic E-state index is 12.2.